The number of carbonyl (C=O) groups excluding carboxylic acids is 1. The van der Waals surface area contributed by atoms with Gasteiger partial charge in [-0.15, -0.1) is 16.3 Å². The number of rotatable bonds is 6. The van der Waals surface area contributed by atoms with Crippen molar-refractivity contribution in [3.05, 3.63) is 78.4 Å². The maximum Gasteiger partial charge on any atom is 0.251 e. The number of nitrogens with one attached hydrogen (secondary N) is 1. The Morgan fingerprint density at radius 3 is 2.85 bits per heavy atom. The van der Waals surface area contributed by atoms with Gasteiger partial charge in [-0.1, -0.05) is 12.1 Å². The Morgan fingerprint density at radius 2 is 2.06 bits per heavy atom. The summed E-state index contributed by atoms with van der Waals surface area (Å²) in [4.78, 5) is 21.6. The molecule has 0 radical (unpaired) electrons. The third kappa shape index (κ3) is 4.15. The molecule has 0 fully saturated rings. The van der Waals surface area contributed by atoms with Crippen molar-refractivity contribution in [1.29, 1.82) is 0 Å². The number of hydrogen-bond donors (Lipinski definition) is 2. The lowest BCUT2D eigenvalue weighted by molar-refractivity contribution is -0.658. The van der Waals surface area contributed by atoms with E-state index in [-0.39, 0.29) is 5.91 Å². The molecule has 1 amide bonds. The molecule has 0 aliphatic heterocycles. The van der Waals surface area contributed by atoms with E-state index in [2.05, 4.69) is 27.4 Å². The minimum atomic E-state index is -0.142. The number of nitrogen functional groups attached to an aromatic ring is 1. The average Bonchev–Trinajstić information content (AvgIpc) is 3.25. The second kappa shape index (κ2) is 9.07. The number of ether oxygens (including phenoxy) is 1. The van der Waals surface area contributed by atoms with Crippen molar-refractivity contribution in [2.75, 3.05) is 19.4 Å². The van der Waals surface area contributed by atoms with Crippen molar-refractivity contribution < 1.29 is 14.1 Å². The molecule has 170 valence electrons. The van der Waals surface area contributed by atoms with E-state index >= 15 is 0 Å². The van der Waals surface area contributed by atoms with E-state index in [4.69, 9.17) is 10.5 Å². The zero-order valence-electron chi connectivity index (χ0n) is 18.9. The average molecular weight is 471 g/mol. The molecule has 0 spiro atoms. The number of fused-ring (bicyclic) bond motifs is 3. The molecule has 34 heavy (non-hydrogen) atoms. The highest BCUT2D eigenvalue weighted by Crippen LogP contribution is 2.37. The van der Waals surface area contributed by atoms with E-state index in [1.54, 1.807) is 37.0 Å². The van der Waals surface area contributed by atoms with Crippen molar-refractivity contribution in [3.63, 3.8) is 0 Å². The van der Waals surface area contributed by atoms with Gasteiger partial charge in [0.25, 0.3) is 5.91 Å². The molecule has 0 unspecified atom stereocenters. The van der Waals surface area contributed by atoms with Crippen molar-refractivity contribution in [2.24, 2.45) is 7.05 Å². The van der Waals surface area contributed by atoms with Crippen LogP contribution in [0.25, 0.3) is 31.4 Å². The van der Waals surface area contributed by atoms with Gasteiger partial charge < -0.3 is 15.8 Å². The van der Waals surface area contributed by atoms with E-state index in [0.717, 1.165) is 37.0 Å². The first-order valence-corrected chi connectivity index (χ1v) is 11.7. The topological polar surface area (TPSA) is 94.0 Å². The van der Waals surface area contributed by atoms with Crippen molar-refractivity contribution in [3.8, 4) is 16.9 Å². The van der Waals surface area contributed by atoms with Crippen LogP contribution in [-0.4, -0.2) is 29.5 Å². The summed E-state index contributed by atoms with van der Waals surface area (Å²) in [6, 6.07) is 15.7. The molecule has 0 bridgehead atoms. The summed E-state index contributed by atoms with van der Waals surface area (Å²) in [5.74, 6) is 1.18. The number of pyridine rings is 1. The Bertz CT molecular complexity index is 1510. The number of nitrogens with two attached hydrogens (primary N) is 1. The van der Waals surface area contributed by atoms with Gasteiger partial charge in [0, 0.05) is 34.6 Å². The Kier molecular flexibility index (Phi) is 5.81. The number of methoxy groups -OCH3 is 1. The second-order valence-corrected chi connectivity index (χ2v) is 9.10. The molecule has 0 aliphatic rings. The minimum Gasteiger partial charge on any atom is -0.497 e. The van der Waals surface area contributed by atoms with Crippen LogP contribution in [0.4, 0.5) is 5.82 Å². The van der Waals surface area contributed by atoms with Crippen LogP contribution >= 0.6 is 11.3 Å². The summed E-state index contributed by atoms with van der Waals surface area (Å²) in [5, 5.41) is 4.05. The molecule has 7 nitrogen and oxygen atoms in total. The third-order valence-corrected chi connectivity index (χ3v) is 6.96. The monoisotopic (exact) mass is 470 g/mol. The highest BCUT2D eigenvalue weighted by Gasteiger charge is 2.17. The standard InChI is InChI=1S/C26H23N5O2S/c1-31-15-30-23-21-6-5-17(13-22(21)34-24(23)25(31)27)18-10-19(12-20(11-18)33-2)26(32)29-9-7-16-4-3-8-28-14-16/h3-6,8,10-15,27H,7,9H2,1-2H3,(H,29,32)/p+1. The molecule has 0 aliphatic carbocycles. The van der Waals surface area contributed by atoms with Gasteiger partial charge in [0.05, 0.1) is 14.2 Å². The van der Waals surface area contributed by atoms with E-state index in [1.807, 2.05) is 48.1 Å². The number of amides is 1. The largest absolute Gasteiger partial charge is 0.497 e. The van der Waals surface area contributed by atoms with Gasteiger partial charge >= 0.3 is 0 Å². The lowest BCUT2D eigenvalue weighted by Gasteiger charge is -2.10. The molecule has 2 aromatic carbocycles. The van der Waals surface area contributed by atoms with Gasteiger partial charge in [-0.2, -0.15) is 0 Å². The van der Waals surface area contributed by atoms with Crippen LogP contribution in [0.3, 0.4) is 0 Å². The fraction of sp³-hybridized carbons (Fsp3) is 0.154. The van der Waals surface area contributed by atoms with Crippen LogP contribution < -0.4 is 20.4 Å². The van der Waals surface area contributed by atoms with Crippen molar-refractivity contribution >= 4 is 43.4 Å². The number of aromatic nitrogens is 3. The zero-order valence-corrected chi connectivity index (χ0v) is 19.7. The normalized spacial score (nSPS) is 11.1. The quantitative estimate of drug-likeness (QED) is 0.367. The smallest absolute Gasteiger partial charge is 0.251 e. The van der Waals surface area contributed by atoms with Gasteiger partial charge in [0.1, 0.15) is 10.4 Å². The van der Waals surface area contributed by atoms with E-state index in [0.29, 0.717) is 30.1 Å². The number of hydrogen-bond acceptors (Lipinski definition) is 6. The Balaban J connectivity index is 1.45. The maximum atomic E-state index is 12.9. The van der Waals surface area contributed by atoms with Crippen molar-refractivity contribution in [2.45, 2.75) is 6.42 Å². The lowest BCUT2D eigenvalue weighted by atomic mass is 10.0. The number of aryl methyl sites for hydroxylation is 1. The van der Waals surface area contributed by atoms with Gasteiger partial charge in [0.2, 0.25) is 12.1 Å². The highest BCUT2D eigenvalue weighted by molar-refractivity contribution is 7.26. The summed E-state index contributed by atoms with van der Waals surface area (Å²) in [5.41, 5.74) is 10.7. The molecule has 3 aromatic heterocycles. The first-order chi connectivity index (χ1) is 16.5. The maximum absolute atomic E-state index is 12.9. The molecule has 5 rings (SSSR count). The third-order valence-electron chi connectivity index (χ3n) is 5.80. The first-order valence-electron chi connectivity index (χ1n) is 10.9. The van der Waals surface area contributed by atoms with Gasteiger partial charge in [0.15, 0.2) is 5.52 Å². The Morgan fingerprint density at radius 1 is 1.18 bits per heavy atom. The zero-order chi connectivity index (χ0) is 23.7. The molecule has 0 saturated heterocycles. The molecule has 0 atom stereocenters. The summed E-state index contributed by atoms with van der Waals surface area (Å²) in [6.07, 6.45) is 6.00. The predicted molar refractivity (Wildman–Crippen MR) is 135 cm³/mol. The predicted octanol–water partition coefficient (Wildman–Crippen LogP) is 3.90. The molecular weight excluding hydrogens is 446 g/mol. The Hall–Kier alpha value is -4.04. The molecule has 8 heteroatoms. The number of anilines is 1. The SMILES string of the molecule is COc1cc(C(=O)NCCc2cccnc2)cc(-c2ccc3c(c2)sc2c(N)[n+](C)cnc23)c1. The van der Waals surface area contributed by atoms with Crippen LogP contribution in [0.2, 0.25) is 0 Å². The second-order valence-electron chi connectivity index (χ2n) is 8.05. The fourth-order valence-electron chi connectivity index (χ4n) is 3.91. The van der Waals surface area contributed by atoms with Crippen LogP contribution in [0.1, 0.15) is 15.9 Å². The molecule has 3 heterocycles. The highest BCUT2D eigenvalue weighted by atomic mass is 32.1. The summed E-state index contributed by atoms with van der Waals surface area (Å²) >= 11 is 1.62. The van der Waals surface area contributed by atoms with E-state index < -0.39 is 0 Å². The van der Waals surface area contributed by atoms with Crippen LogP contribution in [0, 0.1) is 0 Å². The van der Waals surface area contributed by atoms with Crippen LogP contribution in [0.15, 0.2) is 67.3 Å². The molecule has 5 aromatic rings. The number of nitrogens with zero attached hydrogens (tertiary/aromatic N) is 3. The molecular formula is C26H24N5O2S+. The van der Waals surface area contributed by atoms with Crippen LogP contribution in [0.5, 0.6) is 5.75 Å². The lowest BCUT2D eigenvalue weighted by Crippen LogP contribution is -2.32. The number of carbonyl (C=O) groups is 1. The number of benzene rings is 2. The van der Waals surface area contributed by atoms with E-state index in [9.17, 15) is 4.79 Å². The van der Waals surface area contributed by atoms with E-state index in [1.165, 1.54) is 0 Å². The molecule has 3 N–H and O–H groups in total. The van der Waals surface area contributed by atoms with Gasteiger partial charge in [-0.05, 0) is 59.5 Å². The van der Waals surface area contributed by atoms with Crippen LogP contribution in [-0.2, 0) is 13.5 Å². The van der Waals surface area contributed by atoms with Crippen molar-refractivity contribution in [1.82, 2.24) is 15.3 Å². The fourth-order valence-corrected chi connectivity index (χ4v) is 5.10. The first kappa shape index (κ1) is 21.8. The molecule has 0 saturated carbocycles. The van der Waals surface area contributed by atoms with Gasteiger partial charge in [-0.25, -0.2) is 4.57 Å². The summed E-state index contributed by atoms with van der Waals surface area (Å²) in [7, 11) is 3.49. The summed E-state index contributed by atoms with van der Waals surface area (Å²) in [6.45, 7) is 0.524. The summed E-state index contributed by atoms with van der Waals surface area (Å²) < 4.78 is 9.37. The van der Waals surface area contributed by atoms with Gasteiger partial charge in [-0.3, -0.25) is 9.78 Å². The Labute approximate surface area is 200 Å². The minimum absolute atomic E-state index is 0.142. The number of thiophene rings is 1.